The number of rotatable bonds is 2. The third-order valence-corrected chi connectivity index (χ3v) is 2.54. The van der Waals surface area contributed by atoms with Crippen LogP contribution in [0.15, 0.2) is 12.1 Å². The third-order valence-electron chi connectivity index (χ3n) is 2.54. The van der Waals surface area contributed by atoms with Crippen molar-refractivity contribution >= 4 is 6.29 Å². The van der Waals surface area contributed by atoms with E-state index in [0.29, 0.717) is 11.8 Å². The fraction of sp³-hybridized carbons (Fsp3) is 0.462. The molecule has 0 fully saturated rings. The lowest BCUT2D eigenvalue weighted by atomic mass is 9.84. The molecule has 2 heteroatoms. The Kier molecular flexibility index (Phi) is 3.18. The molecule has 1 aromatic rings. The van der Waals surface area contributed by atoms with Crippen LogP contribution >= 0.6 is 0 Å². The predicted molar refractivity (Wildman–Crippen MR) is 61.6 cm³/mol. The maximum absolute atomic E-state index is 10.8. The Bertz CT molecular complexity index is 373. The molecule has 82 valence electrons. The normalized spacial score (nSPS) is 11.5. The molecule has 0 radical (unpaired) electrons. The van der Waals surface area contributed by atoms with Gasteiger partial charge in [-0.05, 0) is 23.5 Å². The Labute approximate surface area is 90.9 Å². The number of aldehydes is 1. The van der Waals surface area contributed by atoms with E-state index in [1.165, 1.54) is 0 Å². The van der Waals surface area contributed by atoms with Gasteiger partial charge in [0.2, 0.25) is 0 Å². The highest BCUT2D eigenvalue weighted by Gasteiger charge is 2.20. The second kappa shape index (κ2) is 4.05. The maximum atomic E-state index is 10.8. The first-order chi connectivity index (χ1) is 6.90. The van der Waals surface area contributed by atoms with Crippen LogP contribution in [0.25, 0.3) is 0 Å². The highest BCUT2D eigenvalue weighted by Crippen LogP contribution is 2.33. The van der Waals surface area contributed by atoms with Gasteiger partial charge in [0.05, 0.1) is 5.56 Å². The van der Waals surface area contributed by atoms with Crippen LogP contribution in [-0.4, -0.2) is 11.4 Å². The van der Waals surface area contributed by atoms with E-state index >= 15 is 0 Å². The minimum absolute atomic E-state index is 0.120. The Morgan fingerprint density at radius 2 is 1.93 bits per heavy atom. The summed E-state index contributed by atoms with van der Waals surface area (Å²) < 4.78 is 0. The lowest BCUT2D eigenvalue weighted by molar-refractivity contribution is 0.112. The summed E-state index contributed by atoms with van der Waals surface area (Å²) in [6, 6.07) is 3.72. The molecule has 0 aromatic heterocycles. The van der Waals surface area contributed by atoms with Crippen LogP contribution < -0.4 is 0 Å². The number of hydrogen-bond donors (Lipinski definition) is 1. The highest BCUT2D eigenvalue weighted by molar-refractivity contribution is 5.80. The first kappa shape index (κ1) is 11.8. The Balaban J connectivity index is 3.44. The standard InChI is InChI=1S/C13H18O2/c1-5-9-6-10(8-14)12(15)11(7-9)13(2,3)4/h6-8,15H,5H2,1-4H3. The molecule has 0 atom stereocenters. The molecule has 0 amide bonds. The Morgan fingerprint density at radius 3 is 2.33 bits per heavy atom. The van der Waals surface area contributed by atoms with Gasteiger partial charge < -0.3 is 5.11 Å². The van der Waals surface area contributed by atoms with Crippen molar-refractivity contribution in [2.45, 2.75) is 39.5 Å². The van der Waals surface area contributed by atoms with Gasteiger partial charge in [0.1, 0.15) is 5.75 Å². The Hall–Kier alpha value is -1.31. The van der Waals surface area contributed by atoms with Gasteiger partial charge in [-0.3, -0.25) is 4.79 Å². The summed E-state index contributed by atoms with van der Waals surface area (Å²) >= 11 is 0. The number of phenols is 1. The summed E-state index contributed by atoms with van der Waals surface area (Å²) in [7, 11) is 0. The van der Waals surface area contributed by atoms with E-state index < -0.39 is 0 Å². The van der Waals surface area contributed by atoms with Crippen molar-refractivity contribution in [2.75, 3.05) is 0 Å². The van der Waals surface area contributed by atoms with E-state index in [-0.39, 0.29) is 11.2 Å². The fourth-order valence-corrected chi connectivity index (χ4v) is 1.58. The monoisotopic (exact) mass is 206 g/mol. The number of carbonyl (C=O) groups excluding carboxylic acids is 1. The van der Waals surface area contributed by atoms with E-state index in [9.17, 15) is 9.90 Å². The van der Waals surface area contributed by atoms with Crippen LogP contribution in [0, 0.1) is 0 Å². The molecule has 0 aliphatic rings. The lowest BCUT2D eigenvalue weighted by Crippen LogP contribution is -2.12. The van der Waals surface area contributed by atoms with Crippen LogP contribution in [0.1, 0.15) is 49.2 Å². The SMILES string of the molecule is CCc1cc(C=O)c(O)c(C(C)(C)C)c1. The molecule has 1 rings (SSSR count). The van der Waals surface area contributed by atoms with Gasteiger partial charge in [-0.25, -0.2) is 0 Å². The molecule has 0 aliphatic heterocycles. The maximum Gasteiger partial charge on any atom is 0.153 e. The van der Waals surface area contributed by atoms with E-state index in [1.807, 2.05) is 33.8 Å². The smallest absolute Gasteiger partial charge is 0.153 e. The molecule has 0 heterocycles. The molecule has 0 saturated heterocycles. The van der Waals surface area contributed by atoms with Crippen molar-refractivity contribution in [2.24, 2.45) is 0 Å². The molecule has 0 spiro atoms. The van der Waals surface area contributed by atoms with Crippen molar-refractivity contribution in [3.05, 3.63) is 28.8 Å². The second-order valence-corrected chi connectivity index (χ2v) is 4.80. The predicted octanol–water partition coefficient (Wildman–Crippen LogP) is 3.06. The topological polar surface area (TPSA) is 37.3 Å². The van der Waals surface area contributed by atoms with Gasteiger partial charge in [-0.1, -0.05) is 33.8 Å². The first-order valence-corrected chi connectivity index (χ1v) is 5.21. The quantitative estimate of drug-likeness (QED) is 0.755. The summed E-state index contributed by atoms with van der Waals surface area (Å²) in [4.78, 5) is 10.8. The van der Waals surface area contributed by atoms with Gasteiger partial charge >= 0.3 is 0 Å². The summed E-state index contributed by atoms with van der Waals surface area (Å²) in [6.07, 6.45) is 1.58. The molecule has 0 bridgehead atoms. The van der Waals surface area contributed by atoms with Gasteiger partial charge in [-0.15, -0.1) is 0 Å². The fourth-order valence-electron chi connectivity index (χ4n) is 1.58. The number of hydrogen-bond acceptors (Lipinski definition) is 2. The largest absolute Gasteiger partial charge is 0.507 e. The second-order valence-electron chi connectivity index (χ2n) is 4.80. The highest BCUT2D eigenvalue weighted by atomic mass is 16.3. The molecule has 0 aliphatic carbocycles. The van der Waals surface area contributed by atoms with Crippen LogP contribution in [0.2, 0.25) is 0 Å². The number of benzene rings is 1. The molecule has 15 heavy (non-hydrogen) atoms. The lowest BCUT2D eigenvalue weighted by Gasteiger charge is -2.22. The molecule has 0 saturated carbocycles. The van der Waals surface area contributed by atoms with Crippen molar-refractivity contribution in [1.29, 1.82) is 0 Å². The molecule has 1 aromatic carbocycles. The minimum atomic E-state index is -0.146. The van der Waals surface area contributed by atoms with Gasteiger partial charge in [0.25, 0.3) is 0 Å². The number of phenolic OH excluding ortho intramolecular Hbond substituents is 1. The summed E-state index contributed by atoms with van der Waals surface area (Å²) in [5, 5.41) is 9.91. The number of carbonyl (C=O) groups is 1. The van der Waals surface area contributed by atoms with Crippen LogP contribution in [0.3, 0.4) is 0 Å². The van der Waals surface area contributed by atoms with Crippen molar-refractivity contribution in [3.8, 4) is 5.75 Å². The van der Waals surface area contributed by atoms with Crippen LogP contribution in [0.5, 0.6) is 5.75 Å². The summed E-state index contributed by atoms with van der Waals surface area (Å²) in [5.41, 5.74) is 2.16. The minimum Gasteiger partial charge on any atom is -0.507 e. The van der Waals surface area contributed by atoms with E-state index in [1.54, 1.807) is 6.07 Å². The molecule has 0 unspecified atom stereocenters. The Morgan fingerprint density at radius 1 is 1.33 bits per heavy atom. The zero-order valence-corrected chi connectivity index (χ0v) is 9.79. The number of aryl methyl sites for hydroxylation is 1. The molecule has 2 nitrogen and oxygen atoms in total. The molecular formula is C13H18O2. The zero-order valence-electron chi connectivity index (χ0n) is 9.79. The number of aromatic hydroxyl groups is 1. The summed E-state index contributed by atoms with van der Waals surface area (Å²) in [6.45, 7) is 8.11. The van der Waals surface area contributed by atoms with E-state index in [4.69, 9.17) is 0 Å². The van der Waals surface area contributed by atoms with Gasteiger partial charge in [0.15, 0.2) is 6.29 Å². The molecule has 1 N–H and O–H groups in total. The van der Waals surface area contributed by atoms with Crippen LogP contribution in [0.4, 0.5) is 0 Å². The van der Waals surface area contributed by atoms with Gasteiger partial charge in [-0.2, -0.15) is 0 Å². The average Bonchev–Trinajstić information content (AvgIpc) is 2.16. The molecular weight excluding hydrogens is 188 g/mol. The third kappa shape index (κ3) is 2.38. The summed E-state index contributed by atoms with van der Waals surface area (Å²) in [5.74, 6) is 0.120. The van der Waals surface area contributed by atoms with Gasteiger partial charge in [0, 0.05) is 5.56 Å². The average molecular weight is 206 g/mol. The van der Waals surface area contributed by atoms with Crippen molar-refractivity contribution in [3.63, 3.8) is 0 Å². The van der Waals surface area contributed by atoms with E-state index in [2.05, 4.69) is 0 Å². The van der Waals surface area contributed by atoms with Crippen molar-refractivity contribution < 1.29 is 9.90 Å². The van der Waals surface area contributed by atoms with Crippen molar-refractivity contribution in [1.82, 2.24) is 0 Å². The first-order valence-electron chi connectivity index (χ1n) is 5.21. The zero-order chi connectivity index (χ0) is 11.6. The van der Waals surface area contributed by atoms with Crippen LogP contribution in [-0.2, 0) is 11.8 Å². The van der Waals surface area contributed by atoms with E-state index in [0.717, 1.165) is 17.5 Å².